The molecule has 0 atom stereocenters. The predicted molar refractivity (Wildman–Crippen MR) is 92.5 cm³/mol. The van der Waals surface area contributed by atoms with Crippen LogP contribution in [0.5, 0.6) is 0 Å². The average Bonchev–Trinajstić information content (AvgIpc) is 2.57. The molecule has 1 fully saturated rings. The second-order valence-corrected chi connectivity index (χ2v) is 6.36. The third kappa shape index (κ3) is 3.46. The minimum atomic E-state index is -0.156. The fourth-order valence-electron chi connectivity index (χ4n) is 3.62. The topological polar surface area (TPSA) is 53.2 Å². The van der Waals surface area contributed by atoms with Crippen molar-refractivity contribution in [3.8, 4) is 0 Å². The lowest BCUT2D eigenvalue weighted by molar-refractivity contribution is -0.133. The largest absolute Gasteiger partial charge is 0.340 e. The highest BCUT2D eigenvalue weighted by atomic mass is 16.2. The maximum atomic E-state index is 12.7. The monoisotopic (exact) mass is 312 g/mol. The van der Waals surface area contributed by atoms with Crippen molar-refractivity contribution in [2.75, 3.05) is 6.54 Å². The molecule has 0 radical (unpaired) electrons. The van der Waals surface area contributed by atoms with Crippen molar-refractivity contribution in [2.45, 2.75) is 51.5 Å². The molecule has 4 heteroatoms. The van der Waals surface area contributed by atoms with E-state index in [0.717, 1.165) is 30.3 Å². The quantitative estimate of drug-likeness (QED) is 0.942. The van der Waals surface area contributed by atoms with E-state index in [9.17, 15) is 9.59 Å². The molecule has 1 aromatic carbocycles. The van der Waals surface area contributed by atoms with Gasteiger partial charge >= 0.3 is 0 Å². The van der Waals surface area contributed by atoms with Crippen molar-refractivity contribution in [3.63, 3.8) is 0 Å². The first kappa shape index (κ1) is 15.8. The van der Waals surface area contributed by atoms with E-state index in [4.69, 9.17) is 0 Å². The number of rotatable bonds is 4. The molecule has 1 N–H and O–H groups in total. The second kappa shape index (κ2) is 6.99. The number of carbonyl (C=O) groups is 1. The van der Waals surface area contributed by atoms with Gasteiger partial charge in [-0.1, -0.05) is 37.5 Å². The molecule has 0 bridgehead atoms. The fraction of sp³-hybridized carbons (Fsp3) is 0.474. The van der Waals surface area contributed by atoms with Crippen LogP contribution in [0.15, 0.2) is 35.1 Å². The van der Waals surface area contributed by atoms with E-state index in [1.165, 1.54) is 19.3 Å². The van der Waals surface area contributed by atoms with E-state index in [-0.39, 0.29) is 17.9 Å². The van der Waals surface area contributed by atoms with Crippen LogP contribution in [0.2, 0.25) is 0 Å². The zero-order chi connectivity index (χ0) is 16.2. The van der Waals surface area contributed by atoms with Gasteiger partial charge in [-0.2, -0.15) is 0 Å². The molecule has 0 unspecified atom stereocenters. The van der Waals surface area contributed by atoms with Gasteiger partial charge in [0, 0.05) is 23.7 Å². The Morgan fingerprint density at radius 2 is 1.96 bits per heavy atom. The minimum absolute atomic E-state index is 0.0696. The van der Waals surface area contributed by atoms with E-state index in [1.54, 1.807) is 0 Å². The number of aromatic nitrogens is 1. The van der Waals surface area contributed by atoms with E-state index in [0.29, 0.717) is 11.6 Å². The van der Waals surface area contributed by atoms with Gasteiger partial charge < -0.3 is 9.88 Å². The molecular formula is C19H24N2O2. The lowest BCUT2D eigenvalue weighted by Gasteiger charge is -2.33. The molecule has 1 amide bonds. The van der Waals surface area contributed by atoms with Gasteiger partial charge in [-0.25, -0.2) is 0 Å². The van der Waals surface area contributed by atoms with Gasteiger partial charge in [0.2, 0.25) is 5.91 Å². The molecule has 3 rings (SSSR count). The summed E-state index contributed by atoms with van der Waals surface area (Å²) >= 11 is 0. The van der Waals surface area contributed by atoms with Crippen molar-refractivity contribution < 1.29 is 4.79 Å². The highest BCUT2D eigenvalue weighted by Gasteiger charge is 2.24. The first-order valence-electron chi connectivity index (χ1n) is 8.59. The molecular weight excluding hydrogens is 288 g/mol. The fourth-order valence-corrected chi connectivity index (χ4v) is 3.62. The lowest BCUT2D eigenvalue weighted by Crippen LogP contribution is -2.42. The van der Waals surface area contributed by atoms with E-state index in [1.807, 2.05) is 42.2 Å². The van der Waals surface area contributed by atoms with E-state index < -0.39 is 0 Å². The molecule has 23 heavy (non-hydrogen) atoms. The SMILES string of the molecule is CCN(C(=O)Cc1cc2ccccc2[nH]c1=O)C1CCCCC1. The summed E-state index contributed by atoms with van der Waals surface area (Å²) in [5.74, 6) is 0.0696. The zero-order valence-corrected chi connectivity index (χ0v) is 13.7. The Kier molecular flexibility index (Phi) is 4.79. The summed E-state index contributed by atoms with van der Waals surface area (Å²) in [5, 5.41) is 0.968. The average molecular weight is 312 g/mol. The molecule has 0 saturated heterocycles. The molecule has 0 spiro atoms. The van der Waals surface area contributed by atoms with Crippen LogP contribution in [0.25, 0.3) is 10.9 Å². The summed E-state index contributed by atoms with van der Waals surface area (Å²) in [6.45, 7) is 2.74. The second-order valence-electron chi connectivity index (χ2n) is 6.36. The number of carbonyl (C=O) groups excluding carboxylic acids is 1. The number of H-pyrrole nitrogens is 1. The van der Waals surface area contributed by atoms with Gasteiger partial charge in [0.05, 0.1) is 6.42 Å². The van der Waals surface area contributed by atoms with Crippen LogP contribution in [0, 0.1) is 0 Å². The minimum Gasteiger partial charge on any atom is -0.340 e. The highest BCUT2D eigenvalue weighted by Crippen LogP contribution is 2.23. The Hall–Kier alpha value is -2.10. The van der Waals surface area contributed by atoms with E-state index in [2.05, 4.69) is 4.98 Å². The Bertz CT molecular complexity index is 744. The number of likely N-dealkylation sites (N-methyl/N-ethyl adjacent to an activating group) is 1. The van der Waals surface area contributed by atoms with Crippen LogP contribution in [0.1, 0.15) is 44.6 Å². The third-order valence-corrected chi connectivity index (χ3v) is 4.85. The van der Waals surface area contributed by atoms with Gasteiger partial charge in [-0.15, -0.1) is 0 Å². The number of fused-ring (bicyclic) bond motifs is 1. The maximum absolute atomic E-state index is 12.7. The van der Waals surface area contributed by atoms with Crippen LogP contribution in [0.4, 0.5) is 0 Å². The standard InChI is InChI=1S/C19H24N2O2/c1-2-21(16-9-4-3-5-10-16)18(22)13-15-12-14-8-6-7-11-17(14)20-19(15)23/h6-8,11-12,16H,2-5,9-10,13H2,1H3,(H,20,23). The molecule has 1 heterocycles. The van der Waals surface area contributed by atoms with Crippen LogP contribution in [-0.4, -0.2) is 28.4 Å². The number of benzene rings is 1. The van der Waals surface area contributed by atoms with Gasteiger partial charge in [0.25, 0.3) is 5.56 Å². The highest BCUT2D eigenvalue weighted by molar-refractivity contribution is 5.82. The summed E-state index contributed by atoms with van der Waals surface area (Å²) < 4.78 is 0. The van der Waals surface area contributed by atoms with Crippen molar-refractivity contribution in [3.05, 3.63) is 46.2 Å². The van der Waals surface area contributed by atoms with Crippen LogP contribution in [0.3, 0.4) is 0 Å². The molecule has 4 nitrogen and oxygen atoms in total. The van der Waals surface area contributed by atoms with Gasteiger partial charge in [0.15, 0.2) is 0 Å². The van der Waals surface area contributed by atoms with Crippen LogP contribution < -0.4 is 5.56 Å². The molecule has 1 saturated carbocycles. The van der Waals surface area contributed by atoms with Gasteiger partial charge in [-0.05, 0) is 37.3 Å². The number of aromatic amines is 1. The van der Waals surface area contributed by atoms with Crippen molar-refractivity contribution in [2.24, 2.45) is 0 Å². The number of hydrogen-bond donors (Lipinski definition) is 1. The molecule has 2 aromatic rings. The number of hydrogen-bond acceptors (Lipinski definition) is 2. The number of pyridine rings is 1. The van der Waals surface area contributed by atoms with Crippen molar-refractivity contribution in [1.82, 2.24) is 9.88 Å². The molecule has 0 aliphatic heterocycles. The Morgan fingerprint density at radius 1 is 1.22 bits per heavy atom. The lowest BCUT2D eigenvalue weighted by atomic mass is 9.93. The summed E-state index contributed by atoms with van der Waals surface area (Å²) in [4.78, 5) is 29.8. The third-order valence-electron chi connectivity index (χ3n) is 4.85. The number of nitrogens with one attached hydrogen (secondary N) is 1. The van der Waals surface area contributed by atoms with Gasteiger partial charge in [-0.3, -0.25) is 9.59 Å². The van der Waals surface area contributed by atoms with Crippen molar-refractivity contribution >= 4 is 16.8 Å². The summed E-state index contributed by atoms with van der Waals surface area (Å²) in [5.41, 5.74) is 1.22. The van der Waals surface area contributed by atoms with Crippen LogP contribution >= 0.6 is 0 Å². The van der Waals surface area contributed by atoms with Gasteiger partial charge in [0.1, 0.15) is 0 Å². The zero-order valence-electron chi connectivity index (χ0n) is 13.7. The Labute approximate surface area is 136 Å². The van der Waals surface area contributed by atoms with Crippen molar-refractivity contribution in [1.29, 1.82) is 0 Å². The number of para-hydroxylation sites is 1. The predicted octanol–water partition coefficient (Wildman–Crippen LogP) is 3.25. The summed E-state index contributed by atoms with van der Waals surface area (Å²) in [6.07, 6.45) is 6.04. The summed E-state index contributed by atoms with van der Waals surface area (Å²) in [7, 11) is 0. The molecule has 1 aromatic heterocycles. The number of nitrogens with zero attached hydrogens (tertiary/aromatic N) is 1. The smallest absolute Gasteiger partial charge is 0.252 e. The molecule has 122 valence electrons. The maximum Gasteiger partial charge on any atom is 0.252 e. The van der Waals surface area contributed by atoms with E-state index >= 15 is 0 Å². The van der Waals surface area contributed by atoms with Crippen LogP contribution in [-0.2, 0) is 11.2 Å². The first-order chi connectivity index (χ1) is 11.2. The summed E-state index contributed by atoms with van der Waals surface area (Å²) in [6, 6.07) is 9.86. The molecule has 1 aliphatic carbocycles. The Morgan fingerprint density at radius 3 is 2.70 bits per heavy atom. The first-order valence-corrected chi connectivity index (χ1v) is 8.59. The normalized spacial score (nSPS) is 15.7. The Balaban J connectivity index is 1.81. The number of amides is 1. The molecule has 1 aliphatic rings.